The number of nitrogens with one attached hydrogen (secondary N) is 1. The van der Waals surface area contributed by atoms with Gasteiger partial charge >= 0.3 is 0 Å². The van der Waals surface area contributed by atoms with Crippen LogP contribution in [0.15, 0.2) is 11.6 Å². The molecule has 0 aromatic rings. The molecule has 8 atom stereocenters. The summed E-state index contributed by atoms with van der Waals surface area (Å²) in [5.74, 6) is 5.59. The lowest BCUT2D eigenvalue weighted by Gasteiger charge is -2.58. The van der Waals surface area contributed by atoms with E-state index in [-0.39, 0.29) is 0 Å². The van der Waals surface area contributed by atoms with Crippen LogP contribution >= 0.6 is 0 Å². The van der Waals surface area contributed by atoms with Crippen molar-refractivity contribution < 1.29 is 4.74 Å². The number of rotatable bonds is 22. The normalized spacial score (nSPS) is 33.5. The van der Waals surface area contributed by atoms with Gasteiger partial charge in [-0.2, -0.15) is 0 Å². The summed E-state index contributed by atoms with van der Waals surface area (Å²) in [6, 6.07) is 0. The summed E-state index contributed by atoms with van der Waals surface area (Å²) >= 11 is 0. The summed E-state index contributed by atoms with van der Waals surface area (Å²) in [4.78, 5) is 0. The van der Waals surface area contributed by atoms with E-state index in [1.165, 1.54) is 161 Å². The monoisotopic (exact) mass is 626 g/mol. The Labute approximate surface area is 282 Å². The minimum absolute atomic E-state index is 0.456. The highest BCUT2D eigenvalue weighted by molar-refractivity contribution is 5.25. The first-order chi connectivity index (χ1) is 21.8. The fraction of sp³-hybridized carbons (Fsp3) is 0.953. The Morgan fingerprint density at radius 1 is 0.733 bits per heavy atom. The summed E-state index contributed by atoms with van der Waals surface area (Å²) in [5, 5.41) is 3.25. The van der Waals surface area contributed by atoms with E-state index >= 15 is 0 Å². The van der Waals surface area contributed by atoms with Crippen molar-refractivity contribution in [3.8, 4) is 0 Å². The van der Waals surface area contributed by atoms with Crippen LogP contribution in [0.5, 0.6) is 0 Å². The van der Waals surface area contributed by atoms with Gasteiger partial charge in [-0.25, -0.2) is 0 Å². The van der Waals surface area contributed by atoms with Gasteiger partial charge < -0.3 is 10.1 Å². The highest BCUT2D eigenvalue weighted by Gasteiger charge is 2.59. The summed E-state index contributed by atoms with van der Waals surface area (Å²) in [6.07, 6.45) is 37.2. The Morgan fingerprint density at radius 3 is 2.02 bits per heavy atom. The smallest absolute Gasteiger partial charge is 0.0612 e. The summed E-state index contributed by atoms with van der Waals surface area (Å²) < 4.78 is 6.55. The highest BCUT2D eigenvalue weighted by atomic mass is 16.5. The van der Waals surface area contributed by atoms with Crippen LogP contribution in [-0.2, 0) is 4.74 Å². The molecule has 0 radical (unpaired) electrons. The molecular formula is C43H79NO. The molecule has 4 aliphatic carbocycles. The minimum Gasteiger partial charge on any atom is -0.378 e. The van der Waals surface area contributed by atoms with Crippen molar-refractivity contribution in [1.29, 1.82) is 0 Å². The van der Waals surface area contributed by atoms with E-state index in [1.54, 1.807) is 5.57 Å². The summed E-state index contributed by atoms with van der Waals surface area (Å²) in [7, 11) is 2.06. The Kier molecular flexibility index (Phi) is 15.8. The molecular weight excluding hydrogens is 546 g/mol. The first kappa shape index (κ1) is 37.5. The molecule has 3 fully saturated rings. The van der Waals surface area contributed by atoms with Crippen LogP contribution in [0.2, 0.25) is 0 Å². The second kappa shape index (κ2) is 19.0. The molecule has 4 aliphatic rings. The maximum absolute atomic E-state index is 6.55. The van der Waals surface area contributed by atoms with E-state index in [4.69, 9.17) is 4.74 Å². The molecule has 4 rings (SSSR count). The Bertz CT molecular complexity index is 849. The van der Waals surface area contributed by atoms with Crippen molar-refractivity contribution >= 4 is 0 Å². The van der Waals surface area contributed by atoms with Gasteiger partial charge in [-0.3, -0.25) is 0 Å². The van der Waals surface area contributed by atoms with Gasteiger partial charge in [0, 0.05) is 6.61 Å². The highest BCUT2D eigenvalue weighted by Crippen LogP contribution is 2.67. The van der Waals surface area contributed by atoms with Gasteiger partial charge in [0.2, 0.25) is 0 Å². The number of ether oxygens (including phenoxy) is 1. The molecule has 262 valence electrons. The van der Waals surface area contributed by atoms with Crippen LogP contribution in [0, 0.1) is 46.3 Å². The van der Waals surface area contributed by atoms with Gasteiger partial charge in [-0.05, 0) is 124 Å². The maximum atomic E-state index is 6.55. The van der Waals surface area contributed by atoms with Crippen LogP contribution in [0.25, 0.3) is 0 Å². The van der Waals surface area contributed by atoms with Crippen LogP contribution < -0.4 is 5.32 Å². The maximum Gasteiger partial charge on any atom is 0.0612 e. The van der Waals surface area contributed by atoms with Crippen molar-refractivity contribution in [3.05, 3.63) is 11.6 Å². The van der Waals surface area contributed by atoms with E-state index < -0.39 is 0 Å². The van der Waals surface area contributed by atoms with E-state index in [0.29, 0.717) is 16.9 Å². The minimum atomic E-state index is 0.456. The standard InChI is InChI=1S/C43H79NO/c1-34(2)21-20-22-35(3)39-25-26-40-38-24-23-36-33-37(27-29-42(36,4)41(38)28-30-43(39,40)5)45-32-19-17-15-13-11-9-7-8-10-12-14-16-18-31-44-6/h23,34-35,37-41,44H,7-22,24-33H2,1-6H3. The van der Waals surface area contributed by atoms with Crippen molar-refractivity contribution in [1.82, 2.24) is 5.32 Å². The number of hydrogen-bond acceptors (Lipinski definition) is 2. The quantitative estimate of drug-likeness (QED) is 0.0954. The van der Waals surface area contributed by atoms with Gasteiger partial charge in [-0.15, -0.1) is 0 Å². The summed E-state index contributed by atoms with van der Waals surface area (Å²) in [6.45, 7) is 15.0. The molecule has 0 aliphatic heterocycles. The fourth-order valence-electron chi connectivity index (χ4n) is 11.4. The molecule has 0 bridgehead atoms. The Hall–Kier alpha value is -0.340. The molecule has 2 nitrogen and oxygen atoms in total. The molecule has 45 heavy (non-hydrogen) atoms. The number of allylic oxidation sites excluding steroid dienone is 1. The van der Waals surface area contributed by atoms with Crippen molar-refractivity contribution in [2.75, 3.05) is 20.2 Å². The van der Waals surface area contributed by atoms with E-state index in [0.717, 1.165) is 42.1 Å². The lowest BCUT2D eigenvalue weighted by Crippen LogP contribution is -2.51. The lowest BCUT2D eigenvalue weighted by atomic mass is 9.47. The molecule has 0 heterocycles. The average Bonchev–Trinajstić information content (AvgIpc) is 3.38. The Balaban J connectivity index is 1.09. The molecule has 3 saturated carbocycles. The molecule has 0 amide bonds. The van der Waals surface area contributed by atoms with Gasteiger partial charge in [0.05, 0.1) is 6.10 Å². The van der Waals surface area contributed by atoms with Crippen molar-refractivity contribution in [2.45, 2.75) is 195 Å². The Morgan fingerprint density at radius 2 is 1.38 bits per heavy atom. The second-order valence-corrected chi connectivity index (χ2v) is 17.7. The van der Waals surface area contributed by atoms with Crippen LogP contribution in [-0.4, -0.2) is 26.3 Å². The molecule has 8 unspecified atom stereocenters. The predicted molar refractivity (Wildman–Crippen MR) is 197 cm³/mol. The number of hydrogen-bond donors (Lipinski definition) is 1. The predicted octanol–water partition coefficient (Wildman–Crippen LogP) is 12.7. The largest absolute Gasteiger partial charge is 0.378 e. The zero-order valence-corrected chi connectivity index (χ0v) is 31.4. The lowest BCUT2D eigenvalue weighted by molar-refractivity contribution is -0.0641. The third kappa shape index (κ3) is 10.3. The van der Waals surface area contributed by atoms with Crippen molar-refractivity contribution in [2.24, 2.45) is 46.3 Å². The second-order valence-electron chi connectivity index (χ2n) is 17.7. The van der Waals surface area contributed by atoms with E-state index in [1.807, 2.05) is 0 Å². The SMILES string of the molecule is CNCCCCCCCCCCCCCCCOC1CCC2(C)C(=CCC3C2CCC2(C)C(C(C)CCCC(C)C)CCC32)C1. The third-order valence-electron chi connectivity index (χ3n) is 14.2. The van der Waals surface area contributed by atoms with Crippen LogP contribution in [0.4, 0.5) is 0 Å². The summed E-state index contributed by atoms with van der Waals surface area (Å²) in [5.41, 5.74) is 2.86. The molecule has 1 N–H and O–H groups in total. The van der Waals surface area contributed by atoms with Gasteiger partial charge in [-0.1, -0.05) is 136 Å². The van der Waals surface area contributed by atoms with Crippen LogP contribution in [0.3, 0.4) is 0 Å². The van der Waals surface area contributed by atoms with Crippen LogP contribution in [0.1, 0.15) is 189 Å². The number of fused-ring (bicyclic) bond motifs is 5. The van der Waals surface area contributed by atoms with Gasteiger partial charge in [0.1, 0.15) is 0 Å². The molecule has 2 heteroatoms. The van der Waals surface area contributed by atoms with E-state index in [2.05, 4.69) is 53.1 Å². The zero-order valence-electron chi connectivity index (χ0n) is 31.4. The fourth-order valence-corrected chi connectivity index (χ4v) is 11.4. The molecule has 0 saturated heterocycles. The number of unbranched alkanes of at least 4 members (excludes halogenated alkanes) is 12. The third-order valence-corrected chi connectivity index (χ3v) is 14.2. The molecule has 0 aromatic carbocycles. The first-order valence-electron chi connectivity index (χ1n) is 20.7. The topological polar surface area (TPSA) is 21.3 Å². The van der Waals surface area contributed by atoms with Gasteiger partial charge in [0.25, 0.3) is 0 Å². The molecule has 0 spiro atoms. The zero-order chi connectivity index (χ0) is 32.1. The van der Waals surface area contributed by atoms with Gasteiger partial charge in [0.15, 0.2) is 0 Å². The first-order valence-corrected chi connectivity index (χ1v) is 20.7. The average molecular weight is 626 g/mol. The van der Waals surface area contributed by atoms with Crippen molar-refractivity contribution in [3.63, 3.8) is 0 Å². The molecule has 0 aromatic heterocycles. The van der Waals surface area contributed by atoms with E-state index in [9.17, 15) is 0 Å².